The van der Waals surface area contributed by atoms with Crippen LogP contribution in [-0.2, 0) is 0 Å². The number of rotatable bonds is 4. The minimum atomic E-state index is 0.636. The molecule has 4 heteroatoms. The molecule has 0 saturated carbocycles. The van der Waals surface area contributed by atoms with Crippen LogP contribution in [-0.4, -0.2) is 19.5 Å². The molecule has 0 saturated heterocycles. The highest BCUT2D eigenvalue weighted by atomic mass is 15.0. The van der Waals surface area contributed by atoms with E-state index in [9.17, 15) is 0 Å². The standard InChI is InChI=1S/C49H30N4/c1-2-12-35(13-3-1)47-50-48(52-49(51-47)37-23-20-33-19-22-34-21-18-31-10-4-6-14-39(31)45(34)43(33)30-37)36-24-27-38(28-25-36)53-44-17-9-8-16-41(44)42-29-26-32-11-5-7-15-40(32)46(42)53/h1-30H. The lowest BCUT2D eigenvalue weighted by Crippen LogP contribution is -2.00. The van der Waals surface area contributed by atoms with Crippen LogP contribution in [0.4, 0.5) is 0 Å². The van der Waals surface area contributed by atoms with Gasteiger partial charge in [-0.3, -0.25) is 0 Å². The monoisotopic (exact) mass is 674 g/mol. The molecule has 0 aliphatic heterocycles. The molecule has 0 aliphatic carbocycles. The van der Waals surface area contributed by atoms with Crippen molar-refractivity contribution >= 4 is 64.9 Å². The van der Waals surface area contributed by atoms with Crippen LogP contribution in [0.5, 0.6) is 0 Å². The maximum absolute atomic E-state index is 5.15. The molecule has 0 spiro atoms. The maximum Gasteiger partial charge on any atom is 0.164 e. The SMILES string of the molecule is c1ccc(-c2nc(-c3ccc(-n4c5ccccc5c5ccc6ccccc6c54)cc3)nc(-c3ccc4ccc5ccc6ccccc6c5c4c3)n2)cc1. The minimum absolute atomic E-state index is 0.636. The Morgan fingerprint density at radius 1 is 0.321 bits per heavy atom. The van der Waals surface area contributed by atoms with Crippen molar-refractivity contribution in [1.82, 2.24) is 19.5 Å². The Morgan fingerprint density at radius 3 is 1.58 bits per heavy atom. The summed E-state index contributed by atoms with van der Waals surface area (Å²) in [4.78, 5) is 15.3. The van der Waals surface area contributed by atoms with Crippen molar-refractivity contribution in [3.63, 3.8) is 0 Å². The number of para-hydroxylation sites is 1. The van der Waals surface area contributed by atoms with Gasteiger partial charge in [0.2, 0.25) is 0 Å². The van der Waals surface area contributed by atoms with Crippen LogP contribution in [0.15, 0.2) is 182 Å². The largest absolute Gasteiger partial charge is 0.309 e. The van der Waals surface area contributed by atoms with Gasteiger partial charge < -0.3 is 4.57 Å². The Morgan fingerprint density at radius 2 is 0.830 bits per heavy atom. The molecular formula is C49H30N4. The quantitative estimate of drug-likeness (QED) is 0.175. The molecule has 0 amide bonds. The van der Waals surface area contributed by atoms with Gasteiger partial charge in [0.05, 0.1) is 11.0 Å². The maximum atomic E-state index is 5.15. The lowest BCUT2D eigenvalue weighted by atomic mass is 9.95. The van der Waals surface area contributed by atoms with Gasteiger partial charge in [-0.05, 0) is 74.1 Å². The van der Waals surface area contributed by atoms with Crippen molar-refractivity contribution in [3.8, 4) is 39.9 Å². The summed E-state index contributed by atoms with van der Waals surface area (Å²) < 4.78 is 2.38. The molecule has 0 bridgehead atoms. The third-order valence-electron chi connectivity index (χ3n) is 10.6. The zero-order chi connectivity index (χ0) is 34.9. The van der Waals surface area contributed by atoms with Crippen LogP contribution < -0.4 is 0 Å². The molecule has 0 N–H and O–H groups in total. The van der Waals surface area contributed by atoms with Crippen LogP contribution in [0.2, 0.25) is 0 Å². The van der Waals surface area contributed by atoms with Crippen molar-refractivity contribution in [1.29, 1.82) is 0 Å². The second kappa shape index (κ2) is 11.7. The summed E-state index contributed by atoms with van der Waals surface area (Å²) in [5.74, 6) is 1.93. The van der Waals surface area contributed by atoms with Crippen molar-refractivity contribution < 1.29 is 0 Å². The lowest BCUT2D eigenvalue weighted by Gasteiger charge is -2.12. The molecule has 0 unspecified atom stereocenters. The van der Waals surface area contributed by atoms with Crippen LogP contribution in [0.3, 0.4) is 0 Å². The molecule has 53 heavy (non-hydrogen) atoms. The Labute approximate surface area is 305 Å². The van der Waals surface area contributed by atoms with Crippen molar-refractivity contribution in [3.05, 3.63) is 182 Å². The normalized spacial score (nSPS) is 11.8. The second-order valence-corrected chi connectivity index (χ2v) is 13.6. The van der Waals surface area contributed by atoms with E-state index in [2.05, 4.69) is 168 Å². The lowest BCUT2D eigenvalue weighted by molar-refractivity contribution is 1.07. The third kappa shape index (κ3) is 4.73. The van der Waals surface area contributed by atoms with E-state index in [1.165, 1.54) is 64.9 Å². The Balaban J connectivity index is 1.09. The van der Waals surface area contributed by atoms with E-state index >= 15 is 0 Å². The Bertz CT molecular complexity index is 3210. The van der Waals surface area contributed by atoms with Gasteiger partial charge in [-0.1, -0.05) is 146 Å². The smallest absolute Gasteiger partial charge is 0.164 e. The van der Waals surface area contributed by atoms with Gasteiger partial charge in [-0.25, -0.2) is 15.0 Å². The molecule has 0 aliphatic rings. The highest BCUT2D eigenvalue weighted by Crippen LogP contribution is 2.38. The summed E-state index contributed by atoms with van der Waals surface area (Å²) in [7, 11) is 0. The Kier molecular flexibility index (Phi) is 6.52. The highest BCUT2D eigenvalue weighted by Gasteiger charge is 2.17. The van der Waals surface area contributed by atoms with E-state index in [1.807, 2.05) is 18.2 Å². The fourth-order valence-electron chi connectivity index (χ4n) is 8.07. The van der Waals surface area contributed by atoms with E-state index < -0.39 is 0 Å². The van der Waals surface area contributed by atoms with Crippen LogP contribution in [0.25, 0.3) is 105 Å². The summed E-state index contributed by atoms with van der Waals surface area (Å²) in [6.45, 7) is 0. The highest BCUT2D eigenvalue weighted by molar-refractivity contribution is 6.21. The van der Waals surface area contributed by atoms with Gasteiger partial charge >= 0.3 is 0 Å². The average Bonchev–Trinajstić information content (AvgIpc) is 3.58. The van der Waals surface area contributed by atoms with Crippen LogP contribution >= 0.6 is 0 Å². The molecule has 246 valence electrons. The predicted octanol–water partition coefficient (Wildman–Crippen LogP) is 12.6. The third-order valence-corrected chi connectivity index (χ3v) is 10.6. The fraction of sp³-hybridized carbons (Fsp3) is 0. The van der Waals surface area contributed by atoms with Crippen molar-refractivity contribution in [2.24, 2.45) is 0 Å². The van der Waals surface area contributed by atoms with Gasteiger partial charge in [0, 0.05) is 38.5 Å². The van der Waals surface area contributed by atoms with E-state index in [-0.39, 0.29) is 0 Å². The average molecular weight is 675 g/mol. The number of fused-ring (bicyclic) bond motifs is 10. The molecule has 2 aromatic heterocycles. The molecule has 11 aromatic rings. The van der Waals surface area contributed by atoms with E-state index in [0.29, 0.717) is 17.5 Å². The number of nitrogens with zero attached hydrogens (tertiary/aromatic N) is 4. The Hall–Kier alpha value is -7.17. The van der Waals surface area contributed by atoms with Gasteiger partial charge in [-0.15, -0.1) is 0 Å². The van der Waals surface area contributed by atoms with Crippen LogP contribution in [0.1, 0.15) is 0 Å². The first-order valence-electron chi connectivity index (χ1n) is 17.9. The minimum Gasteiger partial charge on any atom is -0.309 e. The topological polar surface area (TPSA) is 43.6 Å². The molecule has 11 rings (SSSR count). The van der Waals surface area contributed by atoms with Gasteiger partial charge in [0.15, 0.2) is 17.5 Å². The number of benzene rings is 9. The van der Waals surface area contributed by atoms with E-state index in [1.54, 1.807) is 0 Å². The number of hydrogen-bond donors (Lipinski definition) is 0. The van der Waals surface area contributed by atoms with Gasteiger partial charge in [0.1, 0.15) is 0 Å². The van der Waals surface area contributed by atoms with E-state index in [4.69, 9.17) is 15.0 Å². The summed E-state index contributed by atoms with van der Waals surface area (Å²) in [5.41, 5.74) is 6.30. The first kappa shape index (κ1) is 29.5. The van der Waals surface area contributed by atoms with Crippen LogP contribution in [0, 0.1) is 0 Å². The predicted molar refractivity (Wildman–Crippen MR) is 220 cm³/mol. The molecule has 2 heterocycles. The van der Waals surface area contributed by atoms with Crippen molar-refractivity contribution in [2.75, 3.05) is 0 Å². The molecule has 0 radical (unpaired) electrons. The molecule has 0 fully saturated rings. The van der Waals surface area contributed by atoms with Gasteiger partial charge in [0.25, 0.3) is 0 Å². The molecule has 9 aromatic carbocycles. The summed E-state index contributed by atoms with van der Waals surface area (Å²) >= 11 is 0. The molecule has 4 nitrogen and oxygen atoms in total. The van der Waals surface area contributed by atoms with Crippen molar-refractivity contribution in [2.45, 2.75) is 0 Å². The van der Waals surface area contributed by atoms with E-state index in [0.717, 1.165) is 22.4 Å². The second-order valence-electron chi connectivity index (χ2n) is 13.6. The summed E-state index contributed by atoms with van der Waals surface area (Å²) in [6.07, 6.45) is 0. The zero-order valence-corrected chi connectivity index (χ0v) is 28.6. The first-order valence-corrected chi connectivity index (χ1v) is 17.9. The molecular weight excluding hydrogens is 645 g/mol. The number of hydrogen-bond acceptors (Lipinski definition) is 3. The number of aromatic nitrogens is 4. The van der Waals surface area contributed by atoms with Gasteiger partial charge in [-0.2, -0.15) is 0 Å². The zero-order valence-electron chi connectivity index (χ0n) is 28.6. The summed E-state index contributed by atoms with van der Waals surface area (Å²) in [6, 6.07) is 64.5. The first-order chi connectivity index (χ1) is 26.3. The summed E-state index contributed by atoms with van der Waals surface area (Å²) in [5, 5.41) is 12.2. The fourth-order valence-corrected chi connectivity index (χ4v) is 8.07. The molecule has 0 atom stereocenters.